The standard InChI is InChI=1S/C20H14N2O3/c23-21(19-13-5-9-15-7-1-3-11-17(15)19)25-22(24)20-14-6-10-16-8-2-4-12-18(16)20/h1-14H/q-2. The fourth-order valence-electron chi connectivity index (χ4n) is 2.89. The highest BCUT2D eigenvalue weighted by atomic mass is 17.1. The van der Waals surface area contributed by atoms with E-state index in [2.05, 4.69) is 0 Å². The Labute approximate surface area is 144 Å². The molecule has 0 saturated carbocycles. The minimum atomic E-state index is 0.247. The van der Waals surface area contributed by atoms with Gasteiger partial charge in [-0.15, -0.1) is 0 Å². The van der Waals surface area contributed by atoms with Crippen molar-refractivity contribution in [3.63, 3.8) is 0 Å². The molecular formula is C20H14N2O3-2. The summed E-state index contributed by atoms with van der Waals surface area (Å²) in [6.45, 7) is 0. The van der Waals surface area contributed by atoms with Gasteiger partial charge in [-0.1, -0.05) is 72.8 Å². The molecule has 0 aromatic heterocycles. The summed E-state index contributed by atoms with van der Waals surface area (Å²) >= 11 is 0. The van der Waals surface area contributed by atoms with Crippen molar-refractivity contribution in [1.82, 2.24) is 0 Å². The van der Waals surface area contributed by atoms with Gasteiger partial charge >= 0.3 is 0 Å². The third-order valence-electron chi connectivity index (χ3n) is 4.07. The topological polar surface area (TPSA) is 61.8 Å². The van der Waals surface area contributed by atoms with E-state index in [1.165, 1.54) is 0 Å². The number of rotatable bonds is 4. The molecule has 124 valence electrons. The van der Waals surface area contributed by atoms with Gasteiger partial charge in [0.1, 0.15) is 0 Å². The first kappa shape index (κ1) is 15.4. The lowest BCUT2D eigenvalue weighted by Gasteiger charge is -2.39. The van der Waals surface area contributed by atoms with Gasteiger partial charge in [0.15, 0.2) is 0 Å². The van der Waals surface area contributed by atoms with Gasteiger partial charge in [0.25, 0.3) is 0 Å². The third-order valence-corrected chi connectivity index (χ3v) is 4.07. The van der Waals surface area contributed by atoms with Gasteiger partial charge in [0, 0.05) is 10.8 Å². The minimum Gasteiger partial charge on any atom is -0.731 e. The van der Waals surface area contributed by atoms with Crippen molar-refractivity contribution < 1.29 is 4.94 Å². The van der Waals surface area contributed by atoms with Crippen LogP contribution in [0.15, 0.2) is 84.9 Å². The van der Waals surface area contributed by atoms with Gasteiger partial charge in [-0.25, -0.2) is 0 Å². The molecule has 4 aromatic rings. The molecule has 4 rings (SSSR count). The third kappa shape index (κ3) is 2.88. The van der Waals surface area contributed by atoms with Gasteiger partial charge in [0.2, 0.25) is 0 Å². The Morgan fingerprint density at radius 2 is 0.920 bits per heavy atom. The summed E-state index contributed by atoms with van der Waals surface area (Å²) in [5, 5.41) is 28.6. The molecule has 0 fully saturated rings. The van der Waals surface area contributed by atoms with Crippen LogP contribution in [0.1, 0.15) is 0 Å². The van der Waals surface area contributed by atoms with E-state index in [0.29, 0.717) is 10.8 Å². The first-order chi connectivity index (χ1) is 12.2. The fraction of sp³-hybridized carbons (Fsp3) is 0. The lowest BCUT2D eigenvalue weighted by Crippen LogP contribution is -2.27. The van der Waals surface area contributed by atoms with Crippen LogP contribution in [0.4, 0.5) is 11.4 Å². The molecule has 0 heterocycles. The Morgan fingerprint density at radius 1 is 0.520 bits per heavy atom. The normalized spacial score (nSPS) is 11.0. The summed E-state index contributed by atoms with van der Waals surface area (Å²) in [5.41, 5.74) is 0.554. The summed E-state index contributed by atoms with van der Waals surface area (Å²) in [7, 11) is 0. The van der Waals surface area contributed by atoms with Gasteiger partial charge in [-0.2, -0.15) is 4.94 Å². The second-order valence-corrected chi connectivity index (χ2v) is 5.59. The monoisotopic (exact) mass is 330 g/mol. The molecule has 0 aliphatic heterocycles. The quantitative estimate of drug-likeness (QED) is 0.484. The van der Waals surface area contributed by atoms with Crippen LogP contribution in [0.25, 0.3) is 21.5 Å². The molecule has 0 aliphatic rings. The lowest BCUT2D eigenvalue weighted by atomic mass is 10.1. The van der Waals surface area contributed by atoms with E-state index < -0.39 is 0 Å². The first-order valence-corrected chi connectivity index (χ1v) is 7.82. The number of hydrogen-bond donors (Lipinski definition) is 0. The van der Waals surface area contributed by atoms with Crippen LogP contribution in [-0.4, -0.2) is 0 Å². The van der Waals surface area contributed by atoms with E-state index in [1.54, 1.807) is 24.3 Å². The van der Waals surface area contributed by atoms with Crippen molar-refractivity contribution in [3.8, 4) is 0 Å². The smallest absolute Gasteiger partial charge is 0.0614 e. The maximum atomic E-state index is 12.4. The molecule has 0 saturated heterocycles. The molecule has 5 heteroatoms. The Hall–Kier alpha value is -3.12. The Balaban J connectivity index is 1.66. The van der Waals surface area contributed by atoms with Crippen LogP contribution < -0.4 is 10.5 Å². The SMILES string of the molecule is [O-]N(ON([O-])c1cccc2ccccc12)c1cccc2ccccc12. The molecule has 4 aromatic carbocycles. The number of benzene rings is 4. The van der Waals surface area contributed by atoms with Crippen molar-refractivity contribution in [1.29, 1.82) is 0 Å². The highest BCUT2D eigenvalue weighted by Crippen LogP contribution is 2.30. The molecule has 5 nitrogen and oxygen atoms in total. The van der Waals surface area contributed by atoms with Crippen LogP contribution in [0.3, 0.4) is 0 Å². The minimum absolute atomic E-state index is 0.247. The lowest BCUT2D eigenvalue weighted by molar-refractivity contribution is 0.132. The molecule has 0 amide bonds. The predicted octanol–water partition coefficient (Wildman–Crippen LogP) is 5.15. The predicted molar refractivity (Wildman–Crippen MR) is 101 cm³/mol. The van der Waals surface area contributed by atoms with Gasteiger partial charge < -0.3 is 10.4 Å². The summed E-state index contributed by atoms with van der Waals surface area (Å²) < 4.78 is 0. The summed E-state index contributed by atoms with van der Waals surface area (Å²) in [5.74, 6) is 0. The van der Waals surface area contributed by atoms with E-state index in [9.17, 15) is 10.4 Å². The number of anilines is 2. The summed E-state index contributed by atoms with van der Waals surface area (Å²) in [6, 6.07) is 25.4. The van der Waals surface area contributed by atoms with Crippen molar-refractivity contribution in [2.45, 2.75) is 0 Å². The molecule has 0 atom stereocenters. The van der Waals surface area contributed by atoms with E-state index in [1.807, 2.05) is 60.7 Å². The molecule has 0 unspecified atom stereocenters. The van der Waals surface area contributed by atoms with Gasteiger partial charge in [-0.3, -0.25) is 10.5 Å². The molecule has 0 spiro atoms. The zero-order valence-corrected chi connectivity index (χ0v) is 13.2. The number of hydrogen-bond acceptors (Lipinski definition) is 5. The second kappa shape index (κ2) is 6.41. The first-order valence-electron chi connectivity index (χ1n) is 7.82. The average molecular weight is 330 g/mol. The Bertz CT molecular complexity index is 941. The zero-order chi connectivity index (χ0) is 17.2. The molecule has 25 heavy (non-hydrogen) atoms. The molecular weight excluding hydrogens is 316 g/mol. The molecule has 0 N–H and O–H groups in total. The molecule has 0 aliphatic carbocycles. The highest BCUT2D eigenvalue weighted by molar-refractivity contribution is 5.95. The van der Waals surface area contributed by atoms with Crippen molar-refractivity contribution in [2.75, 3.05) is 10.5 Å². The fourth-order valence-corrected chi connectivity index (χ4v) is 2.89. The summed E-state index contributed by atoms with van der Waals surface area (Å²) in [4.78, 5) is 4.99. The molecule has 0 bridgehead atoms. The molecule has 0 radical (unpaired) electrons. The second-order valence-electron chi connectivity index (χ2n) is 5.59. The number of nitrogens with zero attached hydrogens (tertiary/aromatic N) is 2. The van der Waals surface area contributed by atoms with Crippen molar-refractivity contribution >= 4 is 32.9 Å². The van der Waals surface area contributed by atoms with Gasteiger partial charge in [-0.05, 0) is 22.9 Å². The number of fused-ring (bicyclic) bond motifs is 2. The van der Waals surface area contributed by atoms with E-state index in [-0.39, 0.29) is 21.8 Å². The summed E-state index contributed by atoms with van der Waals surface area (Å²) in [6.07, 6.45) is 0. The maximum Gasteiger partial charge on any atom is 0.0614 e. The van der Waals surface area contributed by atoms with Crippen LogP contribution >= 0.6 is 0 Å². The van der Waals surface area contributed by atoms with Crippen molar-refractivity contribution in [2.24, 2.45) is 0 Å². The maximum absolute atomic E-state index is 12.4. The Kier molecular flexibility index (Phi) is 3.95. The van der Waals surface area contributed by atoms with Crippen molar-refractivity contribution in [3.05, 3.63) is 95.3 Å². The van der Waals surface area contributed by atoms with Gasteiger partial charge in [0.05, 0.1) is 11.4 Å². The van der Waals surface area contributed by atoms with Crippen LogP contribution in [-0.2, 0) is 4.94 Å². The Morgan fingerprint density at radius 3 is 1.40 bits per heavy atom. The largest absolute Gasteiger partial charge is 0.731 e. The average Bonchev–Trinajstić information content (AvgIpc) is 2.67. The zero-order valence-electron chi connectivity index (χ0n) is 13.2. The van der Waals surface area contributed by atoms with Crippen LogP contribution in [0, 0.1) is 10.4 Å². The highest BCUT2D eigenvalue weighted by Gasteiger charge is 2.07. The van der Waals surface area contributed by atoms with Crippen LogP contribution in [0.5, 0.6) is 0 Å². The van der Waals surface area contributed by atoms with E-state index >= 15 is 0 Å². The van der Waals surface area contributed by atoms with E-state index in [0.717, 1.165) is 10.8 Å². The van der Waals surface area contributed by atoms with Crippen LogP contribution in [0.2, 0.25) is 0 Å². The van der Waals surface area contributed by atoms with E-state index in [4.69, 9.17) is 4.94 Å².